The summed E-state index contributed by atoms with van der Waals surface area (Å²) < 4.78 is 24.7. The van der Waals surface area contributed by atoms with E-state index in [1.807, 2.05) is 25.1 Å². The largest absolute Gasteiger partial charge is 0.493 e. The highest BCUT2D eigenvalue weighted by atomic mass is 35.5. The number of nitrogens with zero attached hydrogens (tertiary/aromatic N) is 1. The van der Waals surface area contributed by atoms with E-state index in [4.69, 9.17) is 21.1 Å². The van der Waals surface area contributed by atoms with Crippen LogP contribution >= 0.6 is 23.4 Å². The maximum Gasteiger partial charge on any atom is 0.293 e. The van der Waals surface area contributed by atoms with Gasteiger partial charge in [0.15, 0.2) is 11.5 Å². The predicted octanol–water partition coefficient (Wildman–Crippen LogP) is 6.61. The third kappa shape index (κ3) is 5.43. The van der Waals surface area contributed by atoms with Crippen LogP contribution in [-0.2, 0) is 17.9 Å². The minimum Gasteiger partial charge on any atom is -0.493 e. The van der Waals surface area contributed by atoms with E-state index in [1.165, 1.54) is 12.1 Å². The van der Waals surface area contributed by atoms with Gasteiger partial charge in [-0.2, -0.15) is 0 Å². The Morgan fingerprint density at radius 1 is 1.06 bits per heavy atom. The van der Waals surface area contributed by atoms with Crippen LogP contribution < -0.4 is 9.47 Å². The summed E-state index contributed by atoms with van der Waals surface area (Å²) in [5.41, 5.74) is 3.37. The molecule has 0 spiro atoms. The first kappa shape index (κ1) is 23.9. The van der Waals surface area contributed by atoms with Crippen molar-refractivity contribution in [3.63, 3.8) is 0 Å². The highest BCUT2D eigenvalue weighted by molar-refractivity contribution is 8.18. The molecule has 8 heteroatoms. The molecule has 0 bridgehead atoms. The molecule has 1 heterocycles. The van der Waals surface area contributed by atoms with Crippen molar-refractivity contribution in [2.45, 2.75) is 20.1 Å². The van der Waals surface area contributed by atoms with Crippen LogP contribution in [0.1, 0.15) is 22.3 Å². The molecule has 5 nitrogen and oxygen atoms in total. The van der Waals surface area contributed by atoms with Gasteiger partial charge in [-0.25, -0.2) is 4.39 Å². The maximum atomic E-state index is 13.3. The summed E-state index contributed by atoms with van der Waals surface area (Å²) in [6, 6.07) is 17.2. The van der Waals surface area contributed by atoms with Gasteiger partial charge >= 0.3 is 0 Å². The second kappa shape index (κ2) is 10.3. The molecular formula is C26H21ClFNO4S. The molecular weight excluding hydrogens is 477 g/mol. The van der Waals surface area contributed by atoms with Gasteiger partial charge in [-0.1, -0.05) is 53.6 Å². The molecule has 0 saturated carbocycles. The maximum absolute atomic E-state index is 13.3. The van der Waals surface area contributed by atoms with E-state index >= 15 is 0 Å². The molecule has 2 amide bonds. The molecule has 34 heavy (non-hydrogen) atoms. The molecule has 1 fully saturated rings. The SMILES string of the molecule is COc1cc(/C=C2\SC(=O)N(Cc3ccc(F)cc3Cl)C2=O)ccc1OCc1cccc(C)c1. The lowest BCUT2D eigenvalue weighted by Gasteiger charge is -2.13. The number of halogens is 2. The first-order valence-corrected chi connectivity index (χ1v) is 11.6. The molecule has 0 radical (unpaired) electrons. The van der Waals surface area contributed by atoms with Gasteiger partial charge in [-0.05, 0) is 65.7 Å². The molecule has 4 rings (SSSR count). The summed E-state index contributed by atoms with van der Waals surface area (Å²) in [5.74, 6) is 0.163. The molecule has 0 aliphatic carbocycles. The zero-order valence-electron chi connectivity index (χ0n) is 18.5. The molecule has 0 atom stereocenters. The summed E-state index contributed by atoms with van der Waals surface area (Å²) in [5, 5.41) is -0.254. The number of benzene rings is 3. The first-order valence-electron chi connectivity index (χ1n) is 10.4. The van der Waals surface area contributed by atoms with E-state index in [1.54, 1.807) is 31.4 Å². The lowest BCUT2D eigenvalue weighted by atomic mass is 10.1. The van der Waals surface area contributed by atoms with E-state index in [0.29, 0.717) is 29.2 Å². The number of ether oxygens (including phenoxy) is 2. The first-order chi connectivity index (χ1) is 16.3. The van der Waals surface area contributed by atoms with Crippen molar-refractivity contribution in [3.05, 3.63) is 98.7 Å². The molecule has 3 aromatic rings. The van der Waals surface area contributed by atoms with Crippen LogP contribution in [0.5, 0.6) is 11.5 Å². The number of hydrogen-bond acceptors (Lipinski definition) is 5. The fraction of sp³-hybridized carbons (Fsp3) is 0.154. The van der Waals surface area contributed by atoms with Crippen molar-refractivity contribution in [1.82, 2.24) is 4.90 Å². The molecule has 0 unspecified atom stereocenters. The standard InChI is InChI=1S/C26H21ClFNO4S/c1-16-4-3-5-18(10-16)15-33-22-9-6-17(11-23(22)32-2)12-24-25(30)29(26(31)34-24)14-19-7-8-20(28)13-21(19)27/h3-13H,14-15H2,1-2H3/b24-12-. The van der Waals surface area contributed by atoms with Crippen molar-refractivity contribution < 1.29 is 23.5 Å². The van der Waals surface area contributed by atoms with Crippen molar-refractivity contribution in [1.29, 1.82) is 0 Å². The fourth-order valence-electron chi connectivity index (χ4n) is 3.46. The van der Waals surface area contributed by atoms with Crippen molar-refractivity contribution in [3.8, 4) is 11.5 Å². The molecule has 1 aliphatic heterocycles. The number of imide groups is 1. The Hall–Kier alpha value is -3.29. The number of rotatable bonds is 7. The minimum atomic E-state index is -0.483. The van der Waals surface area contributed by atoms with Crippen LogP contribution in [0.15, 0.2) is 65.6 Å². The van der Waals surface area contributed by atoms with Crippen molar-refractivity contribution in [2.24, 2.45) is 0 Å². The normalized spacial score (nSPS) is 14.7. The third-order valence-electron chi connectivity index (χ3n) is 5.18. The van der Waals surface area contributed by atoms with Gasteiger partial charge in [0.1, 0.15) is 12.4 Å². The van der Waals surface area contributed by atoms with Gasteiger partial charge in [0.05, 0.1) is 18.6 Å². The van der Waals surface area contributed by atoms with Crippen LogP contribution in [0.4, 0.5) is 9.18 Å². The Morgan fingerprint density at radius 2 is 1.88 bits per heavy atom. The Labute approximate surface area is 206 Å². The number of hydrogen-bond donors (Lipinski definition) is 0. The van der Waals surface area contributed by atoms with Crippen LogP contribution in [0.3, 0.4) is 0 Å². The summed E-state index contributed by atoms with van der Waals surface area (Å²) >= 11 is 6.89. The summed E-state index contributed by atoms with van der Waals surface area (Å²) in [4.78, 5) is 26.7. The zero-order chi connectivity index (χ0) is 24.2. The lowest BCUT2D eigenvalue weighted by molar-refractivity contribution is -0.123. The highest BCUT2D eigenvalue weighted by Gasteiger charge is 2.35. The third-order valence-corrected chi connectivity index (χ3v) is 6.44. The van der Waals surface area contributed by atoms with Gasteiger partial charge in [0.25, 0.3) is 11.1 Å². The average molecular weight is 498 g/mol. The van der Waals surface area contributed by atoms with Crippen molar-refractivity contribution in [2.75, 3.05) is 7.11 Å². The Bertz CT molecular complexity index is 1290. The molecule has 0 N–H and O–H groups in total. The van der Waals surface area contributed by atoms with Gasteiger partial charge < -0.3 is 9.47 Å². The monoisotopic (exact) mass is 497 g/mol. The number of carbonyl (C=O) groups is 2. The van der Waals surface area contributed by atoms with E-state index < -0.39 is 17.0 Å². The van der Waals surface area contributed by atoms with Crippen LogP contribution in [0.25, 0.3) is 6.08 Å². The van der Waals surface area contributed by atoms with Crippen LogP contribution in [0, 0.1) is 12.7 Å². The van der Waals surface area contributed by atoms with E-state index in [-0.39, 0.29) is 16.5 Å². The molecule has 174 valence electrons. The number of aryl methyl sites for hydroxylation is 1. The minimum absolute atomic E-state index is 0.0316. The van der Waals surface area contributed by atoms with Gasteiger partial charge in [-0.15, -0.1) is 0 Å². The second-order valence-corrected chi connectivity index (χ2v) is 9.09. The van der Waals surface area contributed by atoms with E-state index in [2.05, 4.69) is 6.07 Å². The highest BCUT2D eigenvalue weighted by Crippen LogP contribution is 2.36. The lowest BCUT2D eigenvalue weighted by Crippen LogP contribution is -2.27. The van der Waals surface area contributed by atoms with Crippen LogP contribution in [-0.4, -0.2) is 23.2 Å². The Balaban J connectivity index is 1.49. The quantitative estimate of drug-likeness (QED) is 0.344. The van der Waals surface area contributed by atoms with Gasteiger partial charge in [-0.3, -0.25) is 14.5 Å². The smallest absolute Gasteiger partial charge is 0.293 e. The van der Waals surface area contributed by atoms with Crippen LogP contribution in [0.2, 0.25) is 5.02 Å². The number of carbonyl (C=O) groups excluding carboxylic acids is 2. The fourth-order valence-corrected chi connectivity index (χ4v) is 4.53. The summed E-state index contributed by atoms with van der Waals surface area (Å²) in [7, 11) is 1.54. The van der Waals surface area contributed by atoms with Gasteiger partial charge in [0.2, 0.25) is 0 Å². The summed E-state index contributed by atoms with van der Waals surface area (Å²) in [6.07, 6.45) is 1.63. The Morgan fingerprint density at radius 3 is 2.62 bits per heavy atom. The predicted molar refractivity (Wildman–Crippen MR) is 131 cm³/mol. The zero-order valence-corrected chi connectivity index (χ0v) is 20.1. The van der Waals surface area contributed by atoms with E-state index in [0.717, 1.165) is 33.9 Å². The number of amides is 2. The second-order valence-electron chi connectivity index (χ2n) is 7.69. The van der Waals surface area contributed by atoms with Crippen molar-refractivity contribution >= 4 is 40.6 Å². The topological polar surface area (TPSA) is 55.8 Å². The number of thioether (sulfide) groups is 1. The van der Waals surface area contributed by atoms with Gasteiger partial charge in [0, 0.05) is 5.02 Å². The van der Waals surface area contributed by atoms with E-state index in [9.17, 15) is 14.0 Å². The average Bonchev–Trinajstić information content (AvgIpc) is 3.07. The molecule has 1 aliphatic rings. The summed E-state index contributed by atoms with van der Waals surface area (Å²) in [6.45, 7) is 2.38. The number of methoxy groups -OCH3 is 1. The molecule has 1 saturated heterocycles. The molecule has 3 aromatic carbocycles. The molecule has 0 aromatic heterocycles. The Kier molecular flexibility index (Phi) is 7.24.